The van der Waals surface area contributed by atoms with E-state index in [9.17, 15) is 9.90 Å². The Morgan fingerprint density at radius 2 is 1.93 bits per heavy atom. The van der Waals surface area contributed by atoms with E-state index in [1.165, 1.54) is 0 Å². The summed E-state index contributed by atoms with van der Waals surface area (Å²) < 4.78 is 12.6. The number of carbonyl (C=O) groups excluding carboxylic acids is 1. The molecule has 2 N–H and O–H groups in total. The molecule has 1 amide bonds. The van der Waals surface area contributed by atoms with Crippen molar-refractivity contribution in [1.82, 2.24) is 9.55 Å². The number of imidazole rings is 1. The second-order valence-corrected chi connectivity index (χ2v) is 6.28. The summed E-state index contributed by atoms with van der Waals surface area (Å²) >= 11 is 0. The zero-order valence-corrected chi connectivity index (χ0v) is 15.0. The van der Waals surface area contributed by atoms with E-state index in [4.69, 9.17) is 9.47 Å². The van der Waals surface area contributed by atoms with Gasteiger partial charge in [0.1, 0.15) is 29.4 Å². The summed E-state index contributed by atoms with van der Waals surface area (Å²) in [6.45, 7) is 0. The molecule has 3 aromatic rings. The van der Waals surface area contributed by atoms with Gasteiger partial charge < -0.3 is 19.9 Å². The number of hydrogen-bond acceptors (Lipinski definition) is 5. The molecule has 27 heavy (non-hydrogen) atoms. The van der Waals surface area contributed by atoms with E-state index in [1.54, 1.807) is 37.2 Å². The first-order valence-corrected chi connectivity index (χ1v) is 8.49. The molecule has 4 rings (SSSR count). The van der Waals surface area contributed by atoms with Gasteiger partial charge in [-0.1, -0.05) is 12.1 Å². The van der Waals surface area contributed by atoms with Gasteiger partial charge in [-0.05, 0) is 29.8 Å². The van der Waals surface area contributed by atoms with Crippen LogP contribution in [-0.2, 0) is 4.79 Å². The maximum absolute atomic E-state index is 12.4. The number of methoxy groups -OCH3 is 2. The molecule has 0 spiro atoms. The molecule has 138 valence electrons. The van der Waals surface area contributed by atoms with E-state index >= 15 is 0 Å². The minimum absolute atomic E-state index is 0.0933. The van der Waals surface area contributed by atoms with Crippen LogP contribution in [0.3, 0.4) is 0 Å². The van der Waals surface area contributed by atoms with Crippen LogP contribution < -0.4 is 14.8 Å². The van der Waals surface area contributed by atoms with E-state index in [0.29, 0.717) is 23.7 Å². The number of hydrogen-bond donors (Lipinski definition) is 2. The van der Waals surface area contributed by atoms with Crippen molar-refractivity contribution in [2.75, 3.05) is 19.5 Å². The van der Waals surface area contributed by atoms with Crippen LogP contribution in [-0.4, -0.2) is 34.8 Å². The molecule has 1 aromatic heterocycles. The Bertz CT molecular complexity index is 995. The number of rotatable bonds is 4. The maximum Gasteiger partial charge on any atom is 0.226 e. The van der Waals surface area contributed by atoms with E-state index in [1.807, 2.05) is 30.3 Å². The lowest BCUT2D eigenvalue weighted by Crippen LogP contribution is -2.25. The van der Waals surface area contributed by atoms with Crippen LogP contribution in [0, 0.1) is 0 Å². The van der Waals surface area contributed by atoms with Crippen molar-refractivity contribution in [1.29, 1.82) is 0 Å². The summed E-state index contributed by atoms with van der Waals surface area (Å²) in [6.07, 6.45) is 1.96. The number of nitrogens with zero attached hydrogens (tertiary/aromatic N) is 2. The first kappa shape index (κ1) is 17.0. The Morgan fingerprint density at radius 1 is 1.15 bits per heavy atom. The lowest BCUT2D eigenvalue weighted by atomic mass is 9.90. The Morgan fingerprint density at radius 3 is 2.63 bits per heavy atom. The van der Waals surface area contributed by atoms with Crippen LogP contribution in [0.25, 0.3) is 5.69 Å². The number of anilines is 1. The highest BCUT2D eigenvalue weighted by atomic mass is 16.5. The number of phenolic OH excluding ortho intramolecular Hbond substituents is 1. The zero-order valence-electron chi connectivity index (χ0n) is 15.0. The van der Waals surface area contributed by atoms with Crippen LogP contribution in [0.4, 0.5) is 5.82 Å². The van der Waals surface area contributed by atoms with Crippen molar-refractivity contribution in [3.8, 4) is 22.9 Å². The highest BCUT2D eigenvalue weighted by Gasteiger charge is 2.31. The molecule has 0 fully saturated rings. The molecule has 2 heterocycles. The molecule has 0 radical (unpaired) electrons. The molecule has 0 bridgehead atoms. The molecule has 1 aliphatic rings. The van der Waals surface area contributed by atoms with Crippen LogP contribution >= 0.6 is 0 Å². The molecule has 1 unspecified atom stereocenters. The standard InChI is InChI=1S/C20H19N3O4/c1-26-14-7-8-17(27-2)16(9-14)23-11-21-19-15(10-18(25)22-20(19)23)12-3-5-13(24)6-4-12/h3-9,11,15,24H,10H2,1-2H3,(H,22,25). The molecule has 0 saturated carbocycles. The van der Waals surface area contributed by atoms with Gasteiger partial charge in [0.05, 0.1) is 25.6 Å². The summed E-state index contributed by atoms with van der Waals surface area (Å²) in [6, 6.07) is 12.3. The van der Waals surface area contributed by atoms with Crippen molar-refractivity contribution in [2.24, 2.45) is 0 Å². The zero-order chi connectivity index (χ0) is 19.0. The monoisotopic (exact) mass is 365 g/mol. The van der Waals surface area contributed by atoms with Crippen LogP contribution in [0.1, 0.15) is 23.6 Å². The third-order valence-corrected chi connectivity index (χ3v) is 4.71. The fraction of sp³-hybridized carbons (Fsp3) is 0.200. The van der Waals surface area contributed by atoms with Gasteiger partial charge in [0.25, 0.3) is 0 Å². The van der Waals surface area contributed by atoms with Gasteiger partial charge in [-0.15, -0.1) is 0 Å². The van der Waals surface area contributed by atoms with Gasteiger partial charge in [0.15, 0.2) is 0 Å². The Kier molecular flexibility index (Phi) is 4.19. The summed E-state index contributed by atoms with van der Waals surface area (Å²) in [5.41, 5.74) is 2.41. The lowest BCUT2D eigenvalue weighted by Gasteiger charge is -2.24. The number of amides is 1. The van der Waals surface area contributed by atoms with Gasteiger partial charge >= 0.3 is 0 Å². The molecule has 1 aliphatic heterocycles. The van der Waals surface area contributed by atoms with Crippen molar-refractivity contribution in [3.63, 3.8) is 0 Å². The minimum atomic E-state index is -0.188. The van der Waals surface area contributed by atoms with Crippen molar-refractivity contribution in [2.45, 2.75) is 12.3 Å². The molecule has 0 saturated heterocycles. The molecular formula is C20H19N3O4. The average Bonchev–Trinajstić information content (AvgIpc) is 3.11. The van der Waals surface area contributed by atoms with E-state index < -0.39 is 0 Å². The maximum atomic E-state index is 12.4. The van der Waals surface area contributed by atoms with E-state index in [-0.39, 0.29) is 17.6 Å². The molecule has 0 aliphatic carbocycles. The molecular weight excluding hydrogens is 346 g/mol. The third kappa shape index (κ3) is 2.97. The summed E-state index contributed by atoms with van der Waals surface area (Å²) in [5, 5.41) is 12.5. The minimum Gasteiger partial charge on any atom is -0.508 e. The SMILES string of the molecule is COc1ccc(OC)c(-n2cnc3c2NC(=O)CC3c2ccc(O)cc2)c1. The highest BCUT2D eigenvalue weighted by Crippen LogP contribution is 2.39. The van der Waals surface area contributed by atoms with Crippen LogP contribution in [0.15, 0.2) is 48.8 Å². The first-order valence-electron chi connectivity index (χ1n) is 8.49. The van der Waals surface area contributed by atoms with Gasteiger partial charge in [-0.25, -0.2) is 4.98 Å². The van der Waals surface area contributed by atoms with E-state index in [2.05, 4.69) is 10.3 Å². The number of aromatic hydroxyl groups is 1. The number of nitrogens with one attached hydrogen (secondary N) is 1. The number of fused-ring (bicyclic) bond motifs is 1. The van der Waals surface area contributed by atoms with Crippen molar-refractivity contribution < 1.29 is 19.4 Å². The Balaban J connectivity index is 1.84. The number of ether oxygens (including phenoxy) is 2. The van der Waals surface area contributed by atoms with Crippen LogP contribution in [0.2, 0.25) is 0 Å². The first-order chi connectivity index (χ1) is 13.1. The highest BCUT2D eigenvalue weighted by molar-refractivity contribution is 5.94. The largest absolute Gasteiger partial charge is 0.508 e. The average molecular weight is 365 g/mol. The van der Waals surface area contributed by atoms with Gasteiger partial charge in [0, 0.05) is 18.4 Å². The van der Waals surface area contributed by atoms with Gasteiger partial charge in [0.2, 0.25) is 5.91 Å². The number of benzene rings is 2. The molecule has 2 aromatic carbocycles. The number of carbonyl (C=O) groups is 1. The quantitative estimate of drug-likeness (QED) is 0.742. The lowest BCUT2D eigenvalue weighted by molar-refractivity contribution is -0.116. The second kappa shape index (κ2) is 6.68. The smallest absolute Gasteiger partial charge is 0.226 e. The fourth-order valence-electron chi connectivity index (χ4n) is 3.36. The number of phenols is 1. The Labute approximate surface area is 156 Å². The second-order valence-electron chi connectivity index (χ2n) is 6.28. The topological polar surface area (TPSA) is 85.6 Å². The normalized spacial score (nSPS) is 15.8. The fourth-order valence-corrected chi connectivity index (χ4v) is 3.36. The predicted octanol–water partition coefficient (Wildman–Crippen LogP) is 3.07. The molecule has 1 atom stereocenters. The molecule has 7 heteroatoms. The van der Waals surface area contributed by atoms with Crippen molar-refractivity contribution in [3.05, 3.63) is 60.0 Å². The predicted molar refractivity (Wildman–Crippen MR) is 99.9 cm³/mol. The summed E-state index contributed by atoms with van der Waals surface area (Å²) in [5.74, 6) is 1.82. The van der Waals surface area contributed by atoms with Crippen molar-refractivity contribution >= 4 is 11.7 Å². The summed E-state index contributed by atoms with van der Waals surface area (Å²) in [4.78, 5) is 16.9. The summed E-state index contributed by atoms with van der Waals surface area (Å²) in [7, 11) is 3.18. The Hall–Kier alpha value is -3.48. The molecule has 7 nitrogen and oxygen atoms in total. The van der Waals surface area contributed by atoms with Gasteiger partial charge in [-0.3, -0.25) is 9.36 Å². The van der Waals surface area contributed by atoms with E-state index in [0.717, 1.165) is 16.9 Å². The number of aromatic nitrogens is 2. The third-order valence-electron chi connectivity index (χ3n) is 4.71. The van der Waals surface area contributed by atoms with Gasteiger partial charge in [-0.2, -0.15) is 0 Å². The van der Waals surface area contributed by atoms with Crippen LogP contribution in [0.5, 0.6) is 17.2 Å².